The molecule has 2 aromatic heterocycles. The number of aryl methyl sites for hydroxylation is 1. The summed E-state index contributed by atoms with van der Waals surface area (Å²) in [5.74, 6) is 0.266. The molecule has 1 amide bonds. The van der Waals surface area contributed by atoms with E-state index in [1.165, 1.54) is 0 Å². The van der Waals surface area contributed by atoms with Crippen LogP contribution >= 0.6 is 0 Å². The topological polar surface area (TPSA) is 93.2 Å². The first-order valence-corrected chi connectivity index (χ1v) is 6.42. The van der Waals surface area contributed by atoms with Crippen LogP contribution < -0.4 is 5.32 Å². The van der Waals surface area contributed by atoms with Gasteiger partial charge < -0.3 is 14.9 Å². The summed E-state index contributed by atoms with van der Waals surface area (Å²) in [6, 6.07) is 1.59. The van der Waals surface area contributed by atoms with Gasteiger partial charge >= 0.3 is 0 Å². The van der Waals surface area contributed by atoms with E-state index in [-0.39, 0.29) is 24.1 Å². The van der Waals surface area contributed by atoms with Gasteiger partial charge in [-0.1, -0.05) is 12.1 Å². The van der Waals surface area contributed by atoms with E-state index < -0.39 is 0 Å². The maximum Gasteiger partial charge on any atom is 0.273 e. The zero-order valence-corrected chi connectivity index (χ0v) is 11.5. The maximum absolute atomic E-state index is 11.8. The van der Waals surface area contributed by atoms with Crippen molar-refractivity contribution in [3.8, 4) is 0 Å². The Kier molecular flexibility index (Phi) is 4.52. The lowest BCUT2D eigenvalue weighted by Gasteiger charge is -2.07. The van der Waals surface area contributed by atoms with Crippen LogP contribution in [0.5, 0.6) is 0 Å². The van der Waals surface area contributed by atoms with Gasteiger partial charge in [0.2, 0.25) is 0 Å². The van der Waals surface area contributed by atoms with Crippen LogP contribution in [0.25, 0.3) is 0 Å². The summed E-state index contributed by atoms with van der Waals surface area (Å²) < 4.78 is 6.82. The van der Waals surface area contributed by atoms with E-state index in [2.05, 4.69) is 15.6 Å². The van der Waals surface area contributed by atoms with Gasteiger partial charge in [-0.25, -0.2) is 0 Å². The molecule has 20 heavy (non-hydrogen) atoms. The third-order valence-corrected chi connectivity index (χ3v) is 2.79. The molecule has 0 aliphatic heterocycles. The van der Waals surface area contributed by atoms with Gasteiger partial charge in [-0.15, -0.1) is 0 Å². The predicted molar refractivity (Wildman–Crippen MR) is 71.2 cm³/mol. The summed E-state index contributed by atoms with van der Waals surface area (Å²) in [6.07, 6.45) is 3.63. The maximum atomic E-state index is 11.8. The molecule has 1 atom stereocenters. The number of nitrogens with one attached hydrogen (secondary N) is 1. The molecular formula is C13H18N4O3. The first-order chi connectivity index (χ1) is 9.58. The van der Waals surface area contributed by atoms with Gasteiger partial charge in [0.25, 0.3) is 5.91 Å². The molecule has 0 spiro atoms. The molecule has 0 bridgehead atoms. The van der Waals surface area contributed by atoms with Crippen molar-refractivity contribution in [1.82, 2.24) is 20.3 Å². The first kappa shape index (κ1) is 14.3. The third-order valence-electron chi connectivity index (χ3n) is 2.79. The van der Waals surface area contributed by atoms with Crippen molar-refractivity contribution < 1.29 is 14.4 Å². The average molecular weight is 278 g/mol. The number of carbonyl (C=O) groups is 1. The van der Waals surface area contributed by atoms with E-state index in [4.69, 9.17) is 9.63 Å². The first-order valence-electron chi connectivity index (χ1n) is 6.42. The molecule has 108 valence electrons. The number of aliphatic hydroxyl groups excluding tert-OH is 1. The standard InChI is InChI=1S/C13H18N4O3/c1-9-5-15-17(6-9)7-11-3-12(16-20-11)13(19)14-4-10(2)8-18/h3,5-6,10,18H,4,7-8H2,1-2H3,(H,14,19). The second-order valence-corrected chi connectivity index (χ2v) is 4.89. The number of amides is 1. The molecule has 0 aliphatic rings. The molecule has 0 saturated heterocycles. The molecule has 2 rings (SSSR count). The van der Waals surface area contributed by atoms with Crippen LogP contribution in [0.15, 0.2) is 23.0 Å². The van der Waals surface area contributed by atoms with E-state index >= 15 is 0 Å². The zero-order valence-electron chi connectivity index (χ0n) is 11.5. The number of carbonyl (C=O) groups excluding carboxylic acids is 1. The minimum atomic E-state index is -0.308. The van der Waals surface area contributed by atoms with Crippen LogP contribution in [0, 0.1) is 12.8 Å². The summed E-state index contributed by atoms with van der Waals surface area (Å²) in [5.41, 5.74) is 1.29. The highest BCUT2D eigenvalue weighted by molar-refractivity contribution is 5.92. The largest absolute Gasteiger partial charge is 0.396 e. The van der Waals surface area contributed by atoms with Crippen LogP contribution in [0.1, 0.15) is 28.7 Å². The van der Waals surface area contributed by atoms with Crippen molar-refractivity contribution in [2.24, 2.45) is 5.92 Å². The van der Waals surface area contributed by atoms with Gasteiger partial charge in [0.05, 0.1) is 6.20 Å². The SMILES string of the molecule is Cc1cnn(Cc2cc(C(=O)NCC(C)CO)no2)c1. The lowest BCUT2D eigenvalue weighted by atomic mass is 10.2. The Morgan fingerprint density at radius 2 is 2.40 bits per heavy atom. The van der Waals surface area contributed by atoms with E-state index in [1.807, 2.05) is 20.0 Å². The van der Waals surface area contributed by atoms with E-state index in [0.717, 1.165) is 5.56 Å². The third kappa shape index (κ3) is 3.67. The molecule has 0 fully saturated rings. The quantitative estimate of drug-likeness (QED) is 0.806. The number of aliphatic hydroxyl groups is 1. The molecule has 7 heteroatoms. The number of hydrogen-bond acceptors (Lipinski definition) is 5. The molecule has 2 N–H and O–H groups in total. The minimum Gasteiger partial charge on any atom is -0.396 e. The van der Waals surface area contributed by atoms with E-state index in [1.54, 1.807) is 16.9 Å². The van der Waals surface area contributed by atoms with Gasteiger partial charge in [0.15, 0.2) is 11.5 Å². The van der Waals surface area contributed by atoms with Crippen LogP contribution in [0.2, 0.25) is 0 Å². The fraction of sp³-hybridized carbons (Fsp3) is 0.462. The molecule has 2 aromatic rings. The smallest absolute Gasteiger partial charge is 0.273 e. The Hall–Kier alpha value is -2.15. The van der Waals surface area contributed by atoms with Gasteiger partial charge in [-0.05, 0) is 18.4 Å². The number of aromatic nitrogens is 3. The summed E-state index contributed by atoms with van der Waals surface area (Å²) in [4.78, 5) is 11.8. The highest BCUT2D eigenvalue weighted by atomic mass is 16.5. The highest BCUT2D eigenvalue weighted by Crippen LogP contribution is 2.06. The van der Waals surface area contributed by atoms with Crippen LogP contribution in [-0.2, 0) is 6.54 Å². The lowest BCUT2D eigenvalue weighted by Crippen LogP contribution is -2.29. The van der Waals surface area contributed by atoms with Crippen LogP contribution in [0.4, 0.5) is 0 Å². The van der Waals surface area contributed by atoms with E-state index in [0.29, 0.717) is 18.8 Å². The Labute approximate surface area is 116 Å². The molecule has 0 radical (unpaired) electrons. The second-order valence-electron chi connectivity index (χ2n) is 4.89. The van der Waals surface area contributed by atoms with E-state index in [9.17, 15) is 4.79 Å². The molecule has 0 saturated carbocycles. The lowest BCUT2D eigenvalue weighted by molar-refractivity contribution is 0.0933. The van der Waals surface area contributed by atoms with Crippen molar-refractivity contribution in [2.45, 2.75) is 20.4 Å². The monoisotopic (exact) mass is 278 g/mol. The Bertz CT molecular complexity index is 576. The number of rotatable bonds is 6. The second kappa shape index (κ2) is 6.33. The predicted octanol–water partition coefficient (Wildman–Crippen LogP) is 0.586. The Morgan fingerprint density at radius 1 is 1.60 bits per heavy atom. The Balaban J connectivity index is 1.93. The van der Waals surface area contributed by atoms with Crippen molar-refractivity contribution in [3.63, 3.8) is 0 Å². The normalized spacial score (nSPS) is 12.3. The molecule has 2 heterocycles. The summed E-state index contributed by atoms with van der Waals surface area (Å²) in [6.45, 7) is 4.65. The molecule has 7 nitrogen and oxygen atoms in total. The van der Waals surface area contributed by atoms with Gasteiger partial charge in [-0.3, -0.25) is 9.48 Å². The Morgan fingerprint density at radius 3 is 3.05 bits per heavy atom. The molecule has 0 aromatic carbocycles. The van der Waals surface area contributed by atoms with Crippen LogP contribution in [-0.4, -0.2) is 39.1 Å². The van der Waals surface area contributed by atoms with Crippen molar-refractivity contribution in [1.29, 1.82) is 0 Å². The fourth-order valence-electron chi connectivity index (χ4n) is 1.63. The fourth-order valence-corrected chi connectivity index (χ4v) is 1.63. The molecule has 1 unspecified atom stereocenters. The summed E-state index contributed by atoms with van der Waals surface area (Å²) in [5, 5.41) is 19.4. The average Bonchev–Trinajstić information content (AvgIpc) is 3.05. The number of nitrogens with zero attached hydrogens (tertiary/aromatic N) is 3. The van der Waals surface area contributed by atoms with Gasteiger partial charge in [0, 0.05) is 25.4 Å². The summed E-state index contributed by atoms with van der Waals surface area (Å²) in [7, 11) is 0. The van der Waals surface area contributed by atoms with Crippen LogP contribution in [0.3, 0.4) is 0 Å². The van der Waals surface area contributed by atoms with Crippen molar-refractivity contribution in [2.75, 3.05) is 13.2 Å². The van der Waals surface area contributed by atoms with Gasteiger partial charge in [-0.2, -0.15) is 5.10 Å². The number of hydrogen-bond donors (Lipinski definition) is 2. The van der Waals surface area contributed by atoms with Gasteiger partial charge in [0.1, 0.15) is 6.54 Å². The highest BCUT2D eigenvalue weighted by Gasteiger charge is 2.13. The molecular weight excluding hydrogens is 260 g/mol. The summed E-state index contributed by atoms with van der Waals surface area (Å²) >= 11 is 0. The molecule has 0 aliphatic carbocycles. The minimum absolute atomic E-state index is 0.0115. The van der Waals surface area contributed by atoms with Crippen molar-refractivity contribution in [3.05, 3.63) is 35.5 Å². The zero-order chi connectivity index (χ0) is 14.5. The van der Waals surface area contributed by atoms with Crippen molar-refractivity contribution >= 4 is 5.91 Å².